The number of phosphoric ester groups is 1. The Morgan fingerprint density at radius 1 is 1.00 bits per heavy atom. The maximum Gasteiger partial charge on any atom is 0.490 e. The van der Waals surface area contributed by atoms with Gasteiger partial charge in [-0.1, -0.05) is 12.8 Å². The summed E-state index contributed by atoms with van der Waals surface area (Å²) in [7, 11) is -16.8. The third-order valence-corrected chi connectivity index (χ3v) is 9.46. The molecule has 24 heteroatoms. The molecule has 0 aliphatic carbocycles. The van der Waals surface area contributed by atoms with E-state index in [-0.39, 0.29) is 29.4 Å². The molecule has 0 bridgehead atoms. The lowest BCUT2D eigenvalue weighted by atomic mass is 10.1. The molecule has 1 aliphatic heterocycles. The number of aliphatic hydroxyl groups excluding tert-OH is 2. The van der Waals surface area contributed by atoms with E-state index >= 15 is 0 Å². The predicted molar refractivity (Wildman–Crippen MR) is 140 cm³/mol. The molecule has 3 heterocycles. The average molecular weight is 663 g/mol. The van der Waals surface area contributed by atoms with Crippen molar-refractivity contribution in [2.45, 2.75) is 50.2 Å². The maximum absolute atomic E-state index is 12.2. The number of nitrogens with two attached hydrogens (primary N) is 1. The van der Waals surface area contributed by atoms with E-state index in [4.69, 9.17) is 20.3 Å². The first-order valence-corrected chi connectivity index (χ1v) is 16.8. The van der Waals surface area contributed by atoms with Gasteiger partial charge in [0, 0.05) is 6.54 Å². The highest BCUT2D eigenvalue weighted by atomic mass is 31.3. The fourth-order valence-electron chi connectivity index (χ4n) is 3.81. The molecule has 21 nitrogen and oxygen atoms in total. The fourth-order valence-corrected chi connectivity index (χ4v) is 6.84. The predicted octanol–water partition coefficient (Wildman–Crippen LogP) is -1.16. The van der Waals surface area contributed by atoms with Crippen LogP contribution >= 0.6 is 23.5 Å². The van der Waals surface area contributed by atoms with Crippen LogP contribution in [0.2, 0.25) is 0 Å². The quantitative estimate of drug-likeness (QED) is 0.0711. The summed E-state index contributed by atoms with van der Waals surface area (Å²) in [6.45, 7) is 0.0175. The van der Waals surface area contributed by atoms with Gasteiger partial charge in [0.05, 0.1) is 19.5 Å². The summed E-state index contributed by atoms with van der Waals surface area (Å²) < 4.78 is 52.7. The number of aliphatic hydroxyl groups is 2. The first kappa shape index (κ1) is 34.6. The number of ether oxygens (including phenoxy) is 1. The van der Waals surface area contributed by atoms with Crippen molar-refractivity contribution in [2.75, 3.05) is 31.6 Å². The Morgan fingerprint density at radius 2 is 1.71 bits per heavy atom. The normalized spacial score (nSPS) is 23.9. The van der Waals surface area contributed by atoms with Crippen LogP contribution in [0.25, 0.3) is 11.2 Å². The number of nitrogens with zero attached hydrogens (tertiary/aromatic N) is 4. The number of fused-ring (bicyclic) bond motifs is 1. The highest BCUT2D eigenvalue weighted by Gasteiger charge is 2.47. The Labute approximate surface area is 237 Å². The number of amides is 1. The number of carbonyl (C=O) groups excluding carboxylic acids is 1. The van der Waals surface area contributed by atoms with Gasteiger partial charge in [0.25, 0.3) is 0 Å². The Kier molecular flexibility index (Phi) is 12.1. The monoisotopic (exact) mass is 663 g/mol. The van der Waals surface area contributed by atoms with Crippen LogP contribution in [0.5, 0.6) is 0 Å². The first-order chi connectivity index (χ1) is 19.6. The summed E-state index contributed by atoms with van der Waals surface area (Å²) >= 11 is 0. The Hall–Kier alpha value is -1.93. The maximum atomic E-state index is 12.2. The molecule has 1 amide bonds. The van der Waals surface area contributed by atoms with Crippen LogP contribution in [0.3, 0.4) is 0 Å². The van der Waals surface area contributed by atoms with E-state index in [2.05, 4.69) is 38.7 Å². The van der Waals surface area contributed by atoms with Gasteiger partial charge in [0.15, 0.2) is 23.2 Å². The molecule has 238 valence electrons. The average Bonchev–Trinajstić information content (AvgIpc) is 3.42. The van der Waals surface area contributed by atoms with Gasteiger partial charge in [0.1, 0.15) is 24.6 Å². The van der Waals surface area contributed by atoms with E-state index in [1.54, 1.807) is 0 Å². The molecule has 0 aromatic carbocycles. The third kappa shape index (κ3) is 10.1. The van der Waals surface area contributed by atoms with Gasteiger partial charge in [-0.3, -0.25) is 13.9 Å². The molecule has 2 aromatic heterocycles. The molecule has 1 aliphatic rings. The number of anilines is 1. The summed E-state index contributed by atoms with van der Waals surface area (Å²) in [6.07, 6.45) is -0.218. The number of carbonyl (C=O) groups is 1. The smallest absolute Gasteiger partial charge is 0.387 e. The van der Waals surface area contributed by atoms with Crippen LogP contribution < -0.4 is 16.4 Å². The lowest BCUT2D eigenvalue weighted by Crippen LogP contribution is -2.33. The molecular weight excluding hydrogens is 631 g/mol. The summed E-state index contributed by atoms with van der Waals surface area (Å²) in [5.74, 6) is -0.0920. The number of aromatic nitrogens is 4. The van der Waals surface area contributed by atoms with E-state index in [1.807, 2.05) is 0 Å². The number of hydrogen-bond donors (Lipinski definition) is 9. The molecule has 42 heavy (non-hydrogen) atoms. The zero-order valence-corrected chi connectivity index (χ0v) is 24.5. The van der Waals surface area contributed by atoms with E-state index in [0.717, 1.165) is 32.0 Å². The Bertz CT molecular complexity index is 1360. The molecule has 0 spiro atoms. The van der Waals surface area contributed by atoms with Gasteiger partial charge < -0.3 is 50.9 Å². The number of phosphoric acid groups is 3. The van der Waals surface area contributed by atoms with Crippen molar-refractivity contribution in [2.24, 2.45) is 5.73 Å². The van der Waals surface area contributed by atoms with Crippen LogP contribution in [0.4, 0.5) is 5.82 Å². The van der Waals surface area contributed by atoms with Gasteiger partial charge in [-0.15, -0.1) is 0 Å². The second kappa shape index (κ2) is 14.7. The lowest BCUT2D eigenvalue weighted by Gasteiger charge is -2.19. The zero-order chi connectivity index (χ0) is 31.1. The van der Waals surface area contributed by atoms with Crippen molar-refractivity contribution in [3.63, 3.8) is 0 Å². The number of hydrogen-bond acceptors (Lipinski definition) is 15. The number of nitrogens with one attached hydrogen (secondary N) is 2. The van der Waals surface area contributed by atoms with Crippen molar-refractivity contribution >= 4 is 46.4 Å². The highest BCUT2D eigenvalue weighted by molar-refractivity contribution is 7.66. The molecule has 10 N–H and O–H groups in total. The number of unbranched alkanes of at least 4 members (excludes halogenated alkanes) is 3. The third-order valence-electron chi connectivity index (χ3n) is 5.66. The standard InChI is InChI=1S/C18H32N7O14P3/c19-5-3-1-2-4-6-20-12(26)7-21-16-13-17(23-9-22-16)25(10-24-13)18-15(28)14(27)11(37-18)8-36-41(32,33)39-42(34,35)38-40(29,30)31/h9-11,14-15,18,27-28H,1-8,19H2,(H,20,26)(H,32,33)(H,34,35)(H,21,22,23)(H2,29,30,31)/t11-,14-,15-,18-/m1/s1. The van der Waals surface area contributed by atoms with Crippen molar-refractivity contribution in [3.05, 3.63) is 12.7 Å². The molecule has 2 unspecified atom stereocenters. The minimum atomic E-state index is -5.75. The molecule has 0 saturated carbocycles. The van der Waals surface area contributed by atoms with Gasteiger partial charge >= 0.3 is 23.5 Å². The molecule has 1 saturated heterocycles. The SMILES string of the molecule is NCCCCCCNC(=O)CNc1ncnc2c1ncn2[C@@H]1O[C@H](COP(=O)(O)OP(=O)(O)OP(=O)(O)O)[C@@H](O)[C@H]1O. The summed E-state index contributed by atoms with van der Waals surface area (Å²) in [6, 6.07) is 0. The Balaban J connectivity index is 1.60. The summed E-state index contributed by atoms with van der Waals surface area (Å²) in [5, 5.41) is 26.6. The molecule has 0 radical (unpaired) electrons. The molecule has 6 atom stereocenters. The zero-order valence-electron chi connectivity index (χ0n) is 21.8. The largest absolute Gasteiger partial charge is 0.490 e. The molecule has 3 rings (SSSR count). The summed E-state index contributed by atoms with van der Waals surface area (Å²) in [5.41, 5.74) is 5.76. The highest BCUT2D eigenvalue weighted by Crippen LogP contribution is 2.66. The van der Waals surface area contributed by atoms with E-state index in [1.165, 1.54) is 10.9 Å². The van der Waals surface area contributed by atoms with Crippen LogP contribution in [0, 0.1) is 0 Å². The topological polar surface area (TPSA) is 320 Å². The van der Waals surface area contributed by atoms with Crippen LogP contribution in [-0.2, 0) is 36.4 Å². The van der Waals surface area contributed by atoms with Crippen molar-refractivity contribution in [1.82, 2.24) is 24.8 Å². The van der Waals surface area contributed by atoms with Gasteiger partial charge in [0.2, 0.25) is 5.91 Å². The second-order valence-electron chi connectivity index (χ2n) is 8.89. The number of imidazole rings is 1. The van der Waals surface area contributed by atoms with Crippen molar-refractivity contribution < 1.29 is 66.2 Å². The van der Waals surface area contributed by atoms with Gasteiger partial charge in [-0.25, -0.2) is 28.6 Å². The molecular formula is C18H32N7O14P3. The van der Waals surface area contributed by atoms with Crippen LogP contribution in [0.1, 0.15) is 31.9 Å². The minimum absolute atomic E-state index is 0.119. The van der Waals surface area contributed by atoms with Crippen molar-refractivity contribution in [1.29, 1.82) is 0 Å². The molecule has 1 fully saturated rings. The van der Waals surface area contributed by atoms with Crippen molar-refractivity contribution in [3.8, 4) is 0 Å². The first-order valence-electron chi connectivity index (χ1n) is 12.3. The second-order valence-corrected chi connectivity index (χ2v) is 13.3. The fraction of sp³-hybridized carbons (Fsp3) is 0.667. The van der Waals surface area contributed by atoms with Crippen LogP contribution in [0.15, 0.2) is 12.7 Å². The van der Waals surface area contributed by atoms with Gasteiger partial charge in [-0.2, -0.15) is 8.62 Å². The van der Waals surface area contributed by atoms with E-state index < -0.39 is 54.6 Å². The van der Waals surface area contributed by atoms with E-state index in [0.29, 0.717) is 13.1 Å². The summed E-state index contributed by atoms with van der Waals surface area (Å²) in [4.78, 5) is 60.5. The Morgan fingerprint density at radius 3 is 2.40 bits per heavy atom. The van der Waals surface area contributed by atoms with Crippen LogP contribution in [-0.4, -0.2) is 99.8 Å². The van der Waals surface area contributed by atoms with Gasteiger partial charge in [-0.05, 0) is 19.4 Å². The van der Waals surface area contributed by atoms with E-state index in [9.17, 15) is 38.5 Å². The minimum Gasteiger partial charge on any atom is -0.387 e. The molecule has 2 aromatic rings. The lowest BCUT2D eigenvalue weighted by molar-refractivity contribution is -0.119. The number of rotatable bonds is 17.